The van der Waals surface area contributed by atoms with Gasteiger partial charge in [0.1, 0.15) is 0 Å². The van der Waals surface area contributed by atoms with Crippen molar-refractivity contribution in [3.8, 4) is 0 Å². The van der Waals surface area contributed by atoms with Gasteiger partial charge in [0.25, 0.3) is 0 Å². The third-order valence-corrected chi connectivity index (χ3v) is 0. The molecule has 0 atom stereocenters. The van der Waals surface area contributed by atoms with Crippen LogP contribution in [-0.2, 0) is 16.0 Å². The van der Waals surface area contributed by atoms with E-state index in [1.54, 1.807) is 4.97 Å². The second-order valence-electron chi connectivity index (χ2n) is 0.154. The third-order valence-electron chi connectivity index (χ3n) is 0. The molecule has 0 unspecified atom stereocenters. The average molecular weight is 118 g/mol. The predicted octanol–water partition coefficient (Wildman–Crippen LogP) is 1.10. The van der Waals surface area contributed by atoms with E-state index in [1.165, 1.54) is 0 Å². The summed E-state index contributed by atoms with van der Waals surface area (Å²) in [6.07, 6.45) is 0. The van der Waals surface area contributed by atoms with Gasteiger partial charge in [0.05, 0.1) is 0 Å². The van der Waals surface area contributed by atoms with Crippen molar-refractivity contribution in [3.05, 3.63) is 11.6 Å². The maximum absolute atomic E-state index is 3.28. The normalized spacial score (nSPS) is 3.25. The molecule has 26 valence electrons. The Morgan fingerprint density at radius 1 is 1.75 bits per heavy atom. The van der Waals surface area contributed by atoms with E-state index < -0.39 is 0 Å². The monoisotopic (exact) mass is 118 g/mol. The van der Waals surface area contributed by atoms with E-state index >= 15 is 0 Å². The second kappa shape index (κ2) is 9.61. The van der Waals surface area contributed by atoms with E-state index in [1.807, 2.05) is 0 Å². The minimum Gasteiger partial charge on any atom is -0.147 e. The van der Waals surface area contributed by atoms with Crippen LogP contribution in [0.5, 0.6) is 0 Å². The van der Waals surface area contributed by atoms with Gasteiger partial charge in [0.15, 0.2) is 0 Å². The van der Waals surface area contributed by atoms with Crippen molar-refractivity contribution in [2.45, 2.75) is 0 Å². The Balaban J connectivity index is 0. The first kappa shape index (κ1) is 8.82. The molecule has 0 aromatic carbocycles. The van der Waals surface area contributed by atoms with Gasteiger partial charge in [-0.05, 0) is 0 Å². The first-order chi connectivity index (χ1) is 1.41. The molecule has 0 rings (SSSR count). The molecule has 0 N–H and O–H groups in total. The standard InChI is InChI=1S/C2H3.ClH.Mn/c1-2;;/h1H,2H2;1H;. The molecule has 0 aliphatic heterocycles. The van der Waals surface area contributed by atoms with Crippen molar-refractivity contribution in [3.63, 3.8) is 0 Å². The molecule has 2 heteroatoms. The molecule has 0 aromatic rings. The van der Waals surface area contributed by atoms with Crippen LogP contribution in [-0.4, -0.2) is 0 Å². The Hall–Kier alpha value is 0.549. The van der Waals surface area contributed by atoms with E-state index in [9.17, 15) is 0 Å². The van der Waals surface area contributed by atoms with E-state index in [0.29, 0.717) is 0 Å². The maximum atomic E-state index is 3.28. The molecule has 0 heterocycles. The fraction of sp³-hybridized carbons (Fsp3) is 0. The second-order valence-corrected chi connectivity index (χ2v) is 0.636. The van der Waals surface area contributed by atoms with Crippen molar-refractivity contribution in [1.29, 1.82) is 0 Å². The number of hydrogen-bond donors (Lipinski definition) is 0. The van der Waals surface area contributed by atoms with E-state index in [0.717, 1.165) is 0 Å². The Labute approximate surface area is 40.5 Å². The summed E-state index contributed by atoms with van der Waals surface area (Å²) in [6, 6.07) is 0. The summed E-state index contributed by atoms with van der Waals surface area (Å²) in [5, 5.41) is 0. The molecule has 0 aliphatic carbocycles. The fourth-order valence-corrected chi connectivity index (χ4v) is 0. The van der Waals surface area contributed by atoms with Crippen LogP contribution >= 0.6 is 12.4 Å². The van der Waals surface area contributed by atoms with Gasteiger partial charge in [-0.15, -0.1) is 12.4 Å². The summed E-state index contributed by atoms with van der Waals surface area (Å²) in [5.74, 6) is 0. The van der Waals surface area contributed by atoms with Gasteiger partial charge in [0, 0.05) is 0 Å². The van der Waals surface area contributed by atoms with E-state index in [-0.39, 0.29) is 12.4 Å². The van der Waals surface area contributed by atoms with Gasteiger partial charge in [-0.3, -0.25) is 0 Å². The Morgan fingerprint density at radius 3 is 1.75 bits per heavy atom. The molecule has 4 heavy (non-hydrogen) atoms. The Morgan fingerprint density at radius 2 is 1.75 bits per heavy atom. The largest absolute Gasteiger partial charge is 0.147 e. The van der Waals surface area contributed by atoms with Gasteiger partial charge >= 0.3 is 27.6 Å². The zero-order chi connectivity index (χ0) is 2.71. The molecular formula is C2H4ClMn. The van der Waals surface area contributed by atoms with Crippen LogP contribution in [0.15, 0.2) is 11.6 Å². The number of rotatable bonds is 0. The van der Waals surface area contributed by atoms with Gasteiger partial charge in [-0.25, -0.2) is 0 Å². The summed E-state index contributed by atoms with van der Waals surface area (Å²) in [7, 11) is 0. The molecule has 0 aromatic heterocycles. The van der Waals surface area contributed by atoms with E-state index in [4.69, 9.17) is 0 Å². The van der Waals surface area contributed by atoms with Crippen molar-refractivity contribution < 1.29 is 16.0 Å². The van der Waals surface area contributed by atoms with Crippen molar-refractivity contribution in [2.24, 2.45) is 0 Å². The first-order valence-electron chi connectivity index (χ1n) is 0.626. The van der Waals surface area contributed by atoms with Crippen LogP contribution in [0.2, 0.25) is 0 Å². The summed E-state index contributed by atoms with van der Waals surface area (Å²) >= 11 is 2.91. The maximum Gasteiger partial charge on any atom is -0.147 e. The van der Waals surface area contributed by atoms with Crippen molar-refractivity contribution >= 4 is 12.4 Å². The average Bonchev–Trinajstić information content (AvgIpc) is 0.918. The molecule has 0 bridgehead atoms. The molecule has 0 fully saturated rings. The fourth-order valence-electron chi connectivity index (χ4n) is 0. The van der Waals surface area contributed by atoms with Gasteiger partial charge < -0.3 is 0 Å². The molecule has 0 saturated carbocycles. The quantitative estimate of drug-likeness (QED) is 0.418. The zero-order valence-electron chi connectivity index (χ0n) is 2.07. The molecule has 0 nitrogen and oxygen atoms in total. The molecule has 0 aliphatic rings. The Bertz CT molecular complexity index is 13.5. The van der Waals surface area contributed by atoms with Gasteiger partial charge in [-0.1, -0.05) is 0 Å². The summed E-state index contributed by atoms with van der Waals surface area (Å²) in [6.45, 7) is 3.28. The molecule has 0 radical (unpaired) electrons. The van der Waals surface area contributed by atoms with Crippen LogP contribution < -0.4 is 0 Å². The molecule has 0 amide bonds. The van der Waals surface area contributed by atoms with Crippen LogP contribution in [0, 0.1) is 0 Å². The smallest absolute Gasteiger partial charge is 0.147 e. The predicted molar refractivity (Wildman–Crippen MR) is 17.4 cm³/mol. The van der Waals surface area contributed by atoms with Gasteiger partial charge in [-0.2, -0.15) is 0 Å². The number of halogens is 1. The topological polar surface area (TPSA) is 0 Å². The van der Waals surface area contributed by atoms with Crippen molar-refractivity contribution in [2.75, 3.05) is 0 Å². The first-order valence-corrected chi connectivity index (χ1v) is 1.31. The van der Waals surface area contributed by atoms with Crippen LogP contribution in [0.25, 0.3) is 0 Å². The zero-order valence-corrected chi connectivity index (χ0v) is 4.07. The van der Waals surface area contributed by atoms with E-state index in [2.05, 4.69) is 22.6 Å². The molecular weight excluding hydrogens is 114 g/mol. The summed E-state index contributed by atoms with van der Waals surface area (Å²) in [5.41, 5.74) is 0. The SMILES string of the molecule is C=[CH][Mn].Cl. The molecule has 0 saturated heterocycles. The summed E-state index contributed by atoms with van der Waals surface area (Å²) < 4.78 is 0. The number of hydrogen-bond acceptors (Lipinski definition) is 0. The van der Waals surface area contributed by atoms with Gasteiger partial charge in [0.2, 0.25) is 0 Å². The van der Waals surface area contributed by atoms with Crippen molar-refractivity contribution in [1.82, 2.24) is 0 Å². The third kappa shape index (κ3) is 20.3. The van der Waals surface area contributed by atoms with Crippen LogP contribution in [0.4, 0.5) is 0 Å². The minimum absolute atomic E-state index is 0. The summed E-state index contributed by atoms with van der Waals surface area (Å²) in [4.78, 5) is 1.56. The molecule has 0 spiro atoms. The van der Waals surface area contributed by atoms with Crippen LogP contribution in [0.3, 0.4) is 0 Å². The van der Waals surface area contributed by atoms with Crippen LogP contribution in [0.1, 0.15) is 0 Å². The Kier molecular flexibility index (Phi) is 21.2. The minimum atomic E-state index is 0.